The molecule has 1 unspecified atom stereocenters. The molecule has 5 heteroatoms. The smallest absolute Gasteiger partial charge is 0.129 e. The van der Waals surface area contributed by atoms with Crippen LogP contribution in [0.15, 0.2) is 47.1 Å². The Hall–Kier alpha value is -1.30. The molecule has 0 amide bonds. The second-order valence-corrected chi connectivity index (χ2v) is 5.57. The average Bonchev–Trinajstić information content (AvgIpc) is 2.43. The molecule has 2 rings (SSSR count). The minimum absolute atomic E-state index is 0.176. The van der Waals surface area contributed by atoms with Gasteiger partial charge in [-0.2, -0.15) is 0 Å². The van der Waals surface area contributed by atoms with Gasteiger partial charge in [0.25, 0.3) is 0 Å². The fraction of sp³-hybridized carbons (Fsp3) is 0.267. The number of pyridine rings is 1. The van der Waals surface area contributed by atoms with Crippen molar-refractivity contribution in [1.82, 2.24) is 9.88 Å². The molecule has 0 aliphatic heterocycles. The monoisotopic (exact) mass is 337 g/mol. The highest BCUT2D eigenvalue weighted by Gasteiger charge is 2.19. The molecule has 0 saturated heterocycles. The van der Waals surface area contributed by atoms with Gasteiger partial charge in [-0.05, 0) is 31.3 Å². The SMILES string of the molecule is CN(Cc1ccccn1)C(CN)c1ccc(Br)cc1F. The summed E-state index contributed by atoms with van der Waals surface area (Å²) in [6.45, 7) is 0.972. The van der Waals surface area contributed by atoms with Gasteiger partial charge in [0.05, 0.1) is 11.7 Å². The molecule has 1 heterocycles. The molecule has 0 spiro atoms. The van der Waals surface area contributed by atoms with Gasteiger partial charge in [0.2, 0.25) is 0 Å². The first-order chi connectivity index (χ1) is 9.61. The Labute approximate surface area is 126 Å². The van der Waals surface area contributed by atoms with Crippen LogP contribution in [0.25, 0.3) is 0 Å². The van der Waals surface area contributed by atoms with E-state index in [2.05, 4.69) is 20.9 Å². The van der Waals surface area contributed by atoms with Crippen LogP contribution >= 0.6 is 15.9 Å². The summed E-state index contributed by atoms with van der Waals surface area (Å²) in [4.78, 5) is 6.29. The van der Waals surface area contributed by atoms with E-state index < -0.39 is 0 Å². The number of hydrogen-bond donors (Lipinski definition) is 1. The predicted molar refractivity (Wildman–Crippen MR) is 81.6 cm³/mol. The zero-order valence-electron chi connectivity index (χ0n) is 11.3. The Morgan fingerprint density at radius 1 is 1.35 bits per heavy atom. The van der Waals surface area contributed by atoms with Crippen LogP contribution in [-0.2, 0) is 6.54 Å². The van der Waals surface area contributed by atoms with E-state index in [1.807, 2.05) is 36.2 Å². The molecule has 0 fully saturated rings. The van der Waals surface area contributed by atoms with Crippen molar-refractivity contribution >= 4 is 15.9 Å². The molecule has 2 N–H and O–H groups in total. The number of nitrogens with zero attached hydrogens (tertiary/aromatic N) is 2. The first-order valence-corrected chi connectivity index (χ1v) is 7.16. The molecule has 20 heavy (non-hydrogen) atoms. The summed E-state index contributed by atoms with van der Waals surface area (Å²) >= 11 is 3.26. The first kappa shape index (κ1) is 15.1. The highest BCUT2D eigenvalue weighted by atomic mass is 79.9. The van der Waals surface area contributed by atoms with E-state index in [-0.39, 0.29) is 11.9 Å². The van der Waals surface area contributed by atoms with Crippen LogP contribution in [-0.4, -0.2) is 23.5 Å². The molecule has 106 valence electrons. The van der Waals surface area contributed by atoms with Gasteiger partial charge in [-0.3, -0.25) is 9.88 Å². The van der Waals surface area contributed by atoms with Crippen molar-refractivity contribution in [2.24, 2.45) is 5.73 Å². The van der Waals surface area contributed by atoms with E-state index in [4.69, 9.17) is 5.73 Å². The van der Waals surface area contributed by atoms with Crippen molar-refractivity contribution in [3.05, 3.63) is 64.1 Å². The Balaban J connectivity index is 2.19. The van der Waals surface area contributed by atoms with Gasteiger partial charge in [0, 0.05) is 29.3 Å². The minimum atomic E-state index is -0.248. The van der Waals surface area contributed by atoms with Crippen molar-refractivity contribution in [2.75, 3.05) is 13.6 Å². The largest absolute Gasteiger partial charge is 0.329 e. The third kappa shape index (κ3) is 3.62. The van der Waals surface area contributed by atoms with Gasteiger partial charge < -0.3 is 5.73 Å². The Bertz CT molecular complexity index is 562. The molecule has 0 aliphatic carbocycles. The number of benzene rings is 1. The van der Waals surface area contributed by atoms with E-state index in [0.29, 0.717) is 18.7 Å². The zero-order chi connectivity index (χ0) is 14.5. The average molecular weight is 338 g/mol. The summed E-state index contributed by atoms with van der Waals surface area (Å²) in [5, 5.41) is 0. The molecule has 1 atom stereocenters. The van der Waals surface area contributed by atoms with Gasteiger partial charge in [-0.15, -0.1) is 0 Å². The van der Waals surface area contributed by atoms with Gasteiger partial charge in [0.15, 0.2) is 0 Å². The molecule has 0 saturated carbocycles. The lowest BCUT2D eigenvalue weighted by Crippen LogP contribution is -2.31. The number of nitrogens with two attached hydrogens (primary N) is 1. The molecular weight excluding hydrogens is 321 g/mol. The highest BCUT2D eigenvalue weighted by Crippen LogP contribution is 2.25. The summed E-state index contributed by atoms with van der Waals surface area (Å²) < 4.78 is 14.8. The molecule has 2 aromatic rings. The lowest BCUT2D eigenvalue weighted by Gasteiger charge is -2.27. The Morgan fingerprint density at radius 3 is 2.75 bits per heavy atom. The molecule has 0 aliphatic rings. The summed E-state index contributed by atoms with van der Waals surface area (Å²) in [6.07, 6.45) is 1.75. The summed E-state index contributed by atoms with van der Waals surface area (Å²) in [5.74, 6) is -0.248. The zero-order valence-corrected chi connectivity index (χ0v) is 12.8. The van der Waals surface area contributed by atoms with Crippen LogP contribution in [0.1, 0.15) is 17.3 Å². The highest BCUT2D eigenvalue weighted by molar-refractivity contribution is 9.10. The van der Waals surface area contributed by atoms with Crippen LogP contribution in [0.5, 0.6) is 0 Å². The van der Waals surface area contributed by atoms with E-state index in [0.717, 1.165) is 10.2 Å². The molecule has 1 aromatic carbocycles. The van der Waals surface area contributed by atoms with Crippen LogP contribution in [0.2, 0.25) is 0 Å². The van der Waals surface area contributed by atoms with Crippen molar-refractivity contribution in [3.63, 3.8) is 0 Å². The molecule has 0 radical (unpaired) electrons. The second-order valence-electron chi connectivity index (χ2n) is 4.65. The maximum atomic E-state index is 14.1. The van der Waals surface area contributed by atoms with Gasteiger partial charge in [-0.25, -0.2) is 4.39 Å². The van der Waals surface area contributed by atoms with E-state index in [9.17, 15) is 4.39 Å². The van der Waals surface area contributed by atoms with Crippen molar-refractivity contribution in [1.29, 1.82) is 0 Å². The van der Waals surface area contributed by atoms with E-state index >= 15 is 0 Å². The predicted octanol–water partition coefficient (Wildman–Crippen LogP) is 3.12. The van der Waals surface area contributed by atoms with Gasteiger partial charge >= 0.3 is 0 Å². The maximum Gasteiger partial charge on any atom is 0.129 e. The lowest BCUT2D eigenvalue weighted by atomic mass is 10.0. The van der Waals surface area contributed by atoms with Crippen molar-refractivity contribution in [3.8, 4) is 0 Å². The fourth-order valence-corrected chi connectivity index (χ4v) is 2.51. The topological polar surface area (TPSA) is 42.2 Å². The van der Waals surface area contributed by atoms with Crippen LogP contribution in [0, 0.1) is 5.82 Å². The lowest BCUT2D eigenvalue weighted by molar-refractivity contribution is 0.234. The van der Waals surface area contributed by atoms with Crippen LogP contribution in [0.3, 0.4) is 0 Å². The summed E-state index contributed by atoms with van der Waals surface area (Å²) in [5.41, 5.74) is 7.37. The molecular formula is C15H17BrFN3. The standard InChI is InChI=1S/C15H17BrFN3/c1-20(10-12-4-2-3-7-19-12)15(9-18)13-6-5-11(16)8-14(13)17/h2-8,15H,9-10,18H2,1H3. The van der Waals surface area contributed by atoms with Gasteiger partial charge in [0.1, 0.15) is 5.82 Å². The number of likely N-dealkylation sites (N-methyl/N-ethyl adjacent to an activating group) is 1. The minimum Gasteiger partial charge on any atom is -0.329 e. The number of aromatic nitrogens is 1. The molecule has 3 nitrogen and oxygen atoms in total. The summed E-state index contributed by atoms with van der Waals surface area (Å²) in [6, 6.07) is 10.6. The fourth-order valence-electron chi connectivity index (χ4n) is 2.17. The van der Waals surface area contributed by atoms with E-state index in [1.54, 1.807) is 12.3 Å². The molecule has 0 bridgehead atoms. The number of halogens is 2. The molecule has 1 aromatic heterocycles. The van der Waals surface area contributed by atoms with Crippen molar-refractivity contribution in [2.45, 2.75) is 12.6 Å². The van der Waals surface area contributed by atoms with Crippen LogP contribution < -0.4 is 5.73 Å². The van der Waals surface area contributed by atoms with Crippen LogP contribution in [0.4, 0.5) is 4.39 Å². The first-order valence-electron chi connectivity index (χ1n) is 6.37. The van der Waals surface area contributed by atoms with Gasteiger partial charge in [-0.1, -0.05) is 28.1 Å². The third-order valence-corrected chi connectivity index (χ3v) is 3.71. The third-order valence-electron chi connectivity index (χ3n) is 3.21. The summed E-state index contributed by atoms with van der Waals surface area (Å²) in [7, 11) is 1.92. The normalized spacial score (nSPS) is 12.7. The Morgan fingerprint density at radius 2 is 2.15 bits per heavy atom. The Kier molecular flexibility index (Phi) is 5.23. The second kappa shape index (κ2) is 6.92. The van der Waals surface area contributed by atoms with Crippen molar-refractivity contribution < 1.29 is 4.39 Å². The maximum absolute atomic E-state index is 14.1. The quantitative estimate of drug-likeness (QED) is 0.911. The number of hydrogen-bond acceptors (Lipinski definition) is 3. The number of rotatable bonds is 5. The van der Waals surface area contributed by atoms with E-state index in [1.165, 1.54) is 6.07 Å².